The number of amides is 4. The van der Waals surface area contributed by atoms with Gasteiger partial charge in [0.15, 0.2) is 6.23 Å². The molecule has 3 saturated heterocycles. The van der Waals surface area contributed by atoms with E-state index in [1.54, 1.807) is 0 Å². The Balaban J connectivity index is 1.44. The first-order chi connectivity index (χ1) is 14.3. The minimum Gasteiger partial charge on any atom is -0.394 e. The molecule has 3 rings (SSSR count). The summed E-state index contributed by atoms with van der Waals surface area (Å²) in [6.07, 6.45) is -2.37. The molecule has 0 unspecified atom stereocenters. The average molecular weight is 447 g/mol. The van der Waals surface area contributed by atoms with E-state index in [0.717, 1.165) is 18.6 Å². The quantitative estimate of drug-likeness (QED) is 0.162. The lowest BCUT2D eigenvalue weighted by Crippen LogP contribution is -2.68. The van der Waals surface area contributed by atoms with Crippen molar-refractivity contribution in [3.05, 3.63) is 0 Å². The monoisotopic (exact) mass is 446 g/mol. The highest BCUT2D eigenvalue weighted by atomic mass is 32.2. The van der Waals surface area contributed by atoms with Crippen LogP contribution in [0.25, 0.3) is 0 Å². The minimum atomic E-state index is -1.40. The van der Waals surface area contributed by atoms with Crippen molar-refractivity contribution < 1.29 is 34.4 Å². The number of ether oxygens (including phenoxy) is 1. The number of thioether (sulfide) groups is 1. The van der Waals surface area contributed by atoms with E-state index in [0.29, 0.717) is 11.7 Å². The van der Waals surface area contributed by atoms with Gasteiger partial charge in [-0.3, -0.25) is 9.59 Å². The number of rotatable bonds is 8. The number of urea groups is 1. The van der Waals surface area contributed by atoms with Gasteiger partial charge in [-0.2, -0.15) is 11.8 Å². The summed E-state index contributed by atoms with van der Waals surface area (Å²) in [5.41, 5.74) is 0. The third kappa shape index (κ3) is 5.35. The topological polar surface area (TPSA) is 169 Å². The second-order valence-electron chi connectivity index (χ2n) is 7.92. The van der Waals surface area contributed by atoms with Gasteiger partial charge >= 0.3 is 6.03 Å². The Bertz CT molecular complexity index is 654. The molecule has 0 saturated carbocycles. The molecule has 0 radical (unpaired) electrons. The molecule has 3 heterocycles. The number of nitrogens with one attached hydrogen (secondary N) is 4. The van der Waals surface area contributed by atoms with Crippen LogP contribution in [-0.4, -0.2) is 93.4 Å². The predicted molar refractivity (Wildman–Crippen MR) is 107 cm³/mol. The van der Waals surface area contributed by atoms with E-state index in [9.17, 15) is 29.7 Å². The van der Waals surface area contributed by atoms with Gasteiger partial charge in [-0.25, -0.2) is 4.79 Å². The molecule has 30 heavy (non-hydrogen) atoms. The Morgan fingerprint density at radius 2 is 1.97 bits per heavy atom. The third-order valence-corrected chi connectivity index (χ3v) is 7.19. The van der Waals surface area contributed by atoms with Gasteiger partial charge in [0.25, 0.3) is 0 Å². The summed E-state index contributed by atoms with van der Waals surface area (Å²) < 4.78 is 5.49. The average Bonchev–Trinajstić information content (AvgIpc) is 3.23. The molecule has 0 spiro atoms. The van der Waals surface area contributed by atoms with Crippen LogP contribution in [0, 0.1) is 0 Å². The summed E-state index contributed by atoms with van der Waals surface area (Å²) in [6.45, 7) is 0.716. The SMILES string of the molecule is CC(=O)N[C@@H]1[C@@H](O)[C@H](O)[C@@H](CO)O[C@H]1NC(=O)CCCC[C@@H]1SC[C@@H]2NC(=O)N[C@@H]21. The molecule has 0 aromatic carbocycles. The predicted octanol–water partition coefficient (Wildman–Crippen LogP) is -2.23. The molecule has 3 fully saturated rings. The van der Waals surface area contributed by atoms with Gasteiger partial charge in [0.1, 0.15) is 24.4 Å². The van der Waals surface area contributed by atoms with Gasteiger partial charge in [0.05, 0.1) is 18.7 Å². The van der Waals surface area contributed by atoms with E-state index in [4.69, 9.17) is 4.74 Å². The summed E-state index contributed by atoms with van der Waals surface area (Å²) >= 11 is 1.82. The fraction of sp³-hybridized carbons (Fsp3) is 0.833. The highest BCUT2D eigenvalue weighted by Gasteiger charge is 2.45. The first kappa shape index (κ1) is 23.1. The van der Waals surface area contributed by atoms with E-state index < -0.39 is 43.1 Å². The smallest absolute Gasteiger partial charge is 0.315 e. The molecule has 4 amide bonds. The Kier molecular flexibility index (Phi) is 7.80. The number of aliphatic hydroxyl groups is 3. The highest BCUT2D eigenvalue weighted by molar-refractivity contribution is 8.00. The second kappa shape index (κ2) is 10.1. The van der Waals surface area contributed by atoms with E-state index >= 15 is 0 Å². The van der Waals surface area contributed by atoms with Crippen LogP contribution in [0.1, 0.15) is 32.6 Å². The van der Waals surface area contributed by atoms with Crippen molar-refractivity contribution >= 4 is 29.6 Å². The maximum Gasteiger partial charge on any atom is 0.315 e. The van der Waals surface area contributed by atoms with E-state index in [1.807, 2.05) is 11.8 Å². The minimum absolute atomic E-state index is 0.121. The zero-order valence-corrected chi connectivity index (χ0v) is 17.6. The number of aliphatic hydroxyl groups excluding tert-OH is 3. The Hall–Kier alpha value is -1.60. The van der Waals surface area contributed by atoms with Crippen molar-refractivity contribution in [1.82, 2.24) is 21.3 Å². The van der Waals surface area contributed by atoms with Gasteiger partial charge in [0, 0.05) is 24.3 Å². The van der Waals surface area contributed by atoms with E-state index in [-0.39, 0.29) is 30.4 Å². The molecule has 3 aliphatic rings. The fourth-order valence-electron chi connectivity index (χ4n) is 4.14. The Morgan fingerprint density at radius 3 is 2.67 bits per heavy atom. The number of unbranched alkanes of at least 4 members (excludes halogenated alkanes) is 1. The maximum atomic E-state index is 12.4. The largest absolute Gasteiger partial charge is 0.394 e. The van der Waals surface area contributed by atoms with Crippen LogP contribution in [0.2, 0.25) is 0 Å². The molecular formula is C18H30N4O7S. The van der Waals surface area contributed by atoms with E-state index in [1.165, 1.54) is 6.92 Å². The highest BCUT2D eigenvalue weighted by Crippen LogP contribution is 2.33. The molecule has 0 aliphatic carbocycles. The van der Waals surface area contributed by atoms with Crippen molar-refractivity contribution in [2.24, 2.45) is 0 Å². The first-order valence-corrected chi connectivity index (χ1v) is 11.2. The van der Waals surface area contributed by atoms with E-state index in [2.05, 4.69) is 21.3 Å². The van der Waals surface area contributed by atoms with Crippen LogP contribution in [0.4, 0.5) is 4.79 Å². The van der Waals surface area contributed by atoms with Crippen molar-refractivity contribution in [2.75, 3.05) is 12.4 Å². The maximum absolute atomic E-state index is 12.4. The van der Waals surface area contributed by atoms with Crippen LogP contribution in [-0.2, 0) is 14.3 Å². The summed E-state index contributed by atoms with van der Waals surface area (Å²) in [5.74, 6) is 0.124. The third-order valence-electron chi connectivity index (χ3n) is 5.68. The number of carbonyl (C=O) groups excluding carboxylic acids is 3. The molecule has 12 heteroatoms. The molecule has 0 bridgehead atoms. The van der Waals surface area contributed by atoms with Gasteiger partial charge in [0.2, 0.25) is 11.8 Å². The lowest BCUT2D eigenvalue weighted by Gasteiger charge is -2.42. The Morgan fingerprint density at radius 1 is 1.20 bits per heavy atom. The van der Waals surface area contributed by atoms with Crippen LogP contribution in [0.3, 0.4) is 0 Å². The molecule has 8 atom stereocenters. The molecule has 0 aromatic rings. The van der Waals surface area contributed by atoms with Gasteiger partial charge in [-0.1, -0.05) is 6.42 Å². The van der Waals surface area contributed by atoms with Crippen molar-refractivity contribution in [2.45, 2.75) is 80.5 Å². The number of hydrogen-bond acceptors (Lipinski definition) is 8. The van der Waals surface area contributed by atoms with Crippen LogP contribution < -0.4 is 21.3 Å². The van der Waals surface area contributed by atoms with Crippen molar-refractivity contribution in [1.29, 1.82) is 0 Å². The van der Waals surface area contributed by atoms with Crippen LogP contribution in [0.5, 0.6) is 0 Å². The van der Waals surface area contributed by atoms with Gasteiger partial charge < -0.3 is 41.3 Å². The van der Waals surface area contributed by atoms with Crippen LogP contribution in [0.15, 0.2) is 0 Å². The van der Waals surface area contributed by atoms with Crippen molar-refractivity contribution in [3.63, 3.8) is 0 Å². The molecule has 7 N–H and O–H groups in total. The molecular weight excluding hydrogens is 416 g/mol. The zero-order valence-electron chi connectivity index (χ0n) is 16.7. The lowest BCUT2D eigenvalue weighted by atomic mass is 9.95. The lowest BCUT2D eigenvalue weighted by molar-refractivity contribution is -0.203. The fourth-order valence-corrected chi connectivity index (χ4v) is 5.68. The Labute approximate surface area is 178 Å². The zero-order chi connectivity index (χ0) is 21.8. The first-order valence-electron chi connectivity index (χ1n) is 10.2. The second-order valence-corrected chi connectivity index (χ2v) is 9.19. The number of fused-ring (bicyclic) bond motifs is 1. The summed E-state index contributed by atoms with van der Waals surface area (Å²) in [7, 11) is 0. The molecule has 0 aromatic heterocycles. The van der Waals surface area contributed by atoms with Crippen LogP contribution >= 0.6 is 11.8 Å². The summed E-state index contributed by atoms with van der Waals surface area (Å²) in [4.78, 5) is 35.2. The summed E-state index contributed by atoms with van der Waals surface area (Å²) in [6, 6.07) is -0.848. The standard InChI is InChI=1S/C18H30N4O7S/c1-8(24)19-14-16(27)15(26)10(6-23)29-17(14)21-12(25)5-3-2-4-11-13-9(7-30-11)20-18(28)22-13/h9-11,13-17,23,26-27H,2-7H2,1H3,(H,19,24)(H,21,25)(H2,20,22,28)/t9-,10+,11-,13-,14+,15+,16+,17+/m0/s1. The molecule has 3 aliphatic heterocycles. The number of hydrogen-bond donors (Lipinski definition) is 7. The normalized spacial score (nSPS) is 37.8. The summed E-state index contributed by atoms with van der Waals surface area (Å²) in [5, 5.41) is 40.9. The molecule has 170 valence electrons. The van der Waals surface area contributed by atoms with Gasteiger partial charge in [-0.15, -0.1) is 0 Å². The number of carbonyl (C=O) groups is 3. The van der Waals surface area contributed by atoms with Gasteiger partial charge in [-0.05, 0) is 12.8 Å². The molecule has 11 nitrogen and oxygen atoms in total. The van der Waals surface area contributed by atoms with Crippen molar-refractivity contribution in [3.8, 4) is 0 Å².